The van der Waals surface area contributed by atoms with Gasteiger partial charge in [-0.15, -0.1) is 11.8 Å². The number of aryl methyl sites for hydroxylation is 1. The zero-order chi connectivity index (χ0) is 18.9. The number of carbonyl (C=O) groups excluding carboxylic acids is 1. The normalized spacial score (nSPS) is 18.2. The van der Waals surface area contributed by atoms with Crippen molar-refractivity contribution in [3.8, 4) is 5.75 Å². The van der Waals surface area contributed by atoms with E-state index in [1.165, 1.54) is 5.56 Å². The van der Waals surface area contributed by atoms with Crippen molar-refractivity contribution >= 4 is 17.7 Å². The first-order valence-corrected chi connectivity index (χ1v) is 9.99. The molecule has 1 N–H and O–H groups in total. The highest BCUT2D eigenvalue weighted by molar-refractivity contribution is 8.00. The van der Waals surface area contributed by atoms with Crippen LogP contribution in [0, 0.1) is 6.92 Å². The number of hydrogen-bond acceptors (Lipinski definition) is 3. The number of carbonyl (C=O) groups is 1. The Kier molecular flexibility index (Phi) is 5.33. The fraction of sp³-hybridized carbons (Fsp3) is 0.409. The molecule has 1 heterocycles. The molecule has 0 saturated carbocycles. The van der Waals surface area contributed by atoms with Crippen molar-refractivity contribution < 1.29 is 9.53 Å². The molecule has 0 aromatic heterocycles. The molecule has 2 aromatic rings. The van der Waals surface area contributed by atoms with Crippen molar-refractivity contribution in [2.24, 2.45) is 0 Å². The van der Waals surface area contributed by atoms with Gasteiger partial charge in [-0.2, -0.15) is 0 Å². The van der Waals surface area contributed by atoms with Crippen LogP contribution in [0.4, 0.5) is 0 Å². The molecular weight excluding hydrogens is 342 g/mol. The summed E-state index contributed by atoms with van der Waals surface area (Å²) in [7, 11) is 0. The minimum atomic E-state index is -0.313. The van der Waals surface area contributed by atoms with E-state index in [1.807, 2.05) is 36.4 Å². The van der Waals surface area contributed by atoms with Gasteiger partial charge in [0.05, 0.1) is 11.6 Å². The van der Waals surface area contributed by atoms with Crippen molar-refractivity contribution in [1.29, 1.82) is 0 Å². The van der Waals surface area contributed by atoms with Crippen molar-refractivity contribution in [2.75, 3.05) is 0 Å². The first kappa shape index (κ1) is 18.8. The summed E-state index contributed by atoms with van der Waals surface area (Å²) < 4.78 is 6.11. The average Bonchev–Trinajstić information content (AvgIpc) is 2.54. The van der Waals surface area contributed by atoms with Crippen molar-refractivity contribution in [1.82, 2.24) is 5.32 Å². The second-order valence-electron chi connectivity index (χ2n) is 7.80. The van der Waals surface area contributed by atoms with Crippen LogP contribution in [0.15, 0.2) is 47.4 Å². The molecule has 3 rings (SSSR count). The molecule has 0 radical (unpaired) electrons. The van der Waals surface area contributed by atoms with Gasteiger partial charge in [-0.05, 0) is 39.0 Å². The maximum absolute atomic E-state index is 13.1. The van der Waals surface area contributed by atoms with E-state index in [0.717, 1.165) is 28.2 Å². The molecule has 1 amide bonds. The third kappa shape index (κ3) is 4.24. The zero-order valence-electron chi connectivity index (χ0n) is 16.1. The van der Waals surface area contributed by atoms with Crippen molar-refractivity contribution in [2.45, 2.75) is 62.8 Å². The molecule has 0 fully saturated rings. The summed E-state index contributed by atoms with van der Waals surface area (Å²) >= 11 is 1.72. The minimum absolute atomic E-state index is 0.0242. The van der Waals surface area contributed by atoms with Gasteiger partial charge in [0.1, 0.15) is 11.4 Å². The highest BCUT2D eigenvalue weighted by atomic mass is 32.2. The van der Waals surface area contributed by atoms with Crippen LogP contribution in [0.2, 0.25) is 0 Å². The van der Waals surface area contributed by atoms with Gasteiger partial charge in [0.2, 0.25) is 0 Å². The summed E-state index contributed by atoms with van der Waals surface area (Å²) in [6.07, 6.45) is 0.745. The molecule has 3 nitrogen and oxygen atoms in total. The van der Waals surface area contributed by atoms with Crippen molar-refractivity contribution in [3.05, 3.63) is 59.2 Å². The van der Waals surface area contributed by atoms with Crippen LogP contribution in [0.5, 0.6) is 5.75 Å². The van der Waals surface area contributed by atoms with Crippen LogP contribution < -0.4 is 10.1 Å². The smallest absolute Gasteiger partial charge is 0.252 e. The summed E-state index contributed by atoms with van der Waals surface area (Å²) in [6.45, 7) is 10.5. The van der Waals surface area contributed by atoms with E-state index in [2.05, 4.69) is 46.0 Å². The number of benzene rings is 2. The summed E-state index contributed by atoms with van der Waals surface area (Å²) in [5.41, 5.74) is 2.66. The lowest BCUT2D eigenvalue weighted by atomic mass is 9.88. The quantitative estimate of drug-likeness (QED) is 0.720. The SMILES string of the molecule is Cc1ccc2c(c1)[C@@H](NC(=O)c1ccccc1SC(C)C)CC(C)(C)O2. The van der Waals surface area contributed by atoms with E-state index in [9.17, 15) is 4.79 Å². The standard InChI is InChI=1S/C22H27NO2S/c1-14(2)26-20-9-7-6-8-16(20)21(24)23-18-13-22(4,5)25-19-11-10-15(3)12-17(18)19/h6-12,14,18H,13H2,1-5H3,(H,23,24)/t18-/m0/s1. The maximum atomic E-state index is 13.1. The first-order valence-electron chi connectivity index (χ1n) is 9.11. The first-order chi connectivity index (χ1) is 12.2. The summed E-state index contributed by atoms with van der Waals surface area (Å²) in [4.78, 5) is 14.1. The number of amides is 1. The summed E-state index contributed by atoms with van der Waals surface area (Å²) in [5, 5.41) is 3.68. The molecular formula is C22H27NO2S. The Morgan fingerprint density at radius 2 is 1.96 bits per heavy atom. The van der Waals surface area contributed by atoms with E-state index >= 15 is 0 Å². The van der Waals surface area contributed by atoms with Crippen LogP contribution in [-0.2, 0) is 0 Å². The van der Waals surface area contributed by atoms with Crippen LogP contribution >= 0.6 is 11.8 Å². The summed E-state index contributed by atoms with van der Waals surface area (Å²) in [6, 6.07) is 13.9. The topological polar surface area (TPSA) is 38.3 Å². The molecule has 0 bridgehead atoms. The molecule has 0 aliphatic carbocycles. The number of thioether (sulfide) groups is 1. The Labute approximate surface area is 160 Å². The molecule has 4 heteroatoms. The number of ether oxygens (including phenoxy) is 1. The highest BCUT2D eigenvalue weighted by Gasteiger charge is 2.34. The molecule has 138 valence electrons. The van der Waals surface area contributed by atoms with Gasteiger partial charge >= 0.3 is 0 Å². The number of rotatable bonds is 4. The maximum Gasteiger partial charge on any atom is 0.252 e. The fourth-order valence-electron chi connectivity index (χ4n) is 3.35. The molecule has 26 heavy (non-hydrogen) atoms. The van der Waals surface area contributed by atoms with Crippen LogP contribution in [0.1, 0.15) is 61.6 Å². The van der Waals surface area contributed by atoms with E-state index in [1.54, 1.807) is 11.8 Å². The van der Waals surface area contributed by atoms with Gasteiger partial charge < -0.3 is 10.1 Å². The monoisotopic (exact) mass is 369 g/mol. The molecule has 2 aromatic carbocycles. The lowest BCUT2D eigenvalue weighted by Crippen LogP contribution is -2.41. The lowest BCUT2D eigenvalue weighted by Gasteiger charge is -2.38. The Morgan fingerprint density at radius 1 is 1.23 bits per heavy atom. The van der Waals surface area contributed by atoms with Crippen LogP contribution in [0.25, 0.3) is 0 Å². The van der Waals surface area contributed by atoms with Gasteiger partial charge in [0.15, 0.2) is 0 Å². The third-order valence-electron chi connectivity index (χ3n) is 4.42. The van der Waals surface area contributed by atoms with Gasteiger partial charge in [-0.1, -0.05) is 43.7 Å². The lowest BCUT2D eigenvalue weighted by molar-refractivity contribution is 0.0618. The minimum Gasteiger partial charge on any atom is -0.487 e. The second kappa shape index (κ2) is 7.36. The molecule has 0 unspecified atom stereocenters. The van der Waals surface area contributed by atoms with Crippen molar-refractivity contribution in [3.63, 3.8) is 0 Å². The summed E-state index contributed by atoms with van der Waals surface area (Å²) in [5.74, 6) is 0.839. The largest absolute Gasteiger partial charge is 0.487 e. The van der Waals surface area contributed by atoms with Gasteiger partial charge in [0, 0.05) is 22.1 Å². The Morgan fingerprint density at radius 3 is 2.69 bits per heavy atom. The van der Waals surface area contributed by atoms with E-state index in [-0.39, 0.29) is 17.6 Å². The Bertz CT molecular complexity index is 814. The number of nitrogens with one attached hydrogen (secondary N) is 1. The van der Waals surface area contributed by atoms with Crippen LogP contribution in [0.3, 0.4) is 0 Å². The predicted octanol–water partition coefficient (Wildman–Crippen LogP) is 5.53. The highest BCUT2D eigenvalue weighted by Crippen LogP contribution is 2.40. The Hall–Kier alpha value is -1.94. The van der Waals surface area contributed by atoms with E-state index < -0.39 is 0 Å². The zero-order valence-corrected chi connectivity index (χ0v) is 16.9. The van der Waals surface area contributed by atoms with Gasteiger partial charge in [0.25, 0.3) is 5.91 Å². The molecule has 0 spiro atoms. The number of fused-ring (bicyclic) bond motifs is 1. The van der Waals surface area contributed by atoms with Gasteiger partial charge in [-0.25, -0.2) is 0 Å². The third-order valence-corrected chi connectivity index (χ3v) is 5.50. The fourth-order valence-corrected chi connectivity index (χ4v) is 4.30. The van der Waals surface area contributed by atoms with E-state index in [4.69, 9.17) is 4.74 Å². The second-order valence-corrected chi connectivity index (χ2v) is 9.41. The average molecular weight is 370 g/mol. The van der Waals surface area contributed by atoms with Gasteiger partial charge in [-0.3, -0.25) is 4.79 Å². The molecule has 0 saturated heterocycles. The van der Waals surface area contributed by atoms with E-state index in [0.29, 0.717) is 5.25 Å². The van der Waals surface area contributed by atoms with Crippen LogP contribution in [-0.4, -0.2) is 16.8 Å². The number of hydrogen-bond donors (Lipinski definition) is 1. The molecule has 1 aliphatic rings. The molecule has 1 aliphatic heterocycles. The predicted molar refractivity (Wildman–Crippen MR) is 108 cm³/mol. The Balaban J connectivity index is 1.89. The molecule has 1 atom stereocenters.